The van der Waals surface area contributed by atoms with Gasteiger partial charge < -0.3 is 29.5 Å². The number of carbonyl (C=O) groups is 1. The normalized spacial score (nSPS) is 18.3. The lowest BCUT2D eigenvalue weighted by Gasteiger charge is -2.34. The standard InChI is InChI=1S/C20H16N4O6/c1-20(2)29-18(25)16(19(26)30-20)15(12(8-23)17(24)11(6-21)7-22)10-3-4-13-14(5-10)28-9-27-13/h3-5,11-12,15,24-25H,9H2,1-2H3/t12-,15-/m1/s1. The first-order valence-corrected chi connectivity index (χ1v) is 8.74. The van der Waals surface area contributed by atoms with Gasteiger partial charge in [-0.25, -0.2) is 4.79 Å². The van der Waals surface area contributed by atoms with Crippen LogP contribution in [0.2, 0.25) is 0 Å². The number of ether oxygens (including phenoxy) is 4. The van der Waals surface area contributed by atoms with Crippen LogP contribution in [0.3, 0.4) is 0 Å². The number of aliphatic hydroxyl groups excluding tert-OH is 1. The Kier molecular flexibility index (Phi) is 5.23. The molecule has 0 aliphatic carbocycles. The number of hydrogen-bond acceptors (Lipinski definition) is 10. The zero-order valence-corrected chi connectivity index (χ0v) is 16.0. The molecule has 10 nitrogen and oxygen atoms in total. The van der Waals surface area contributed by atoms with Crippen molar-refractivity contribution < 1.29 is 28.8 Å². The van der Waals surface area contributed by atoms with E-state index in [1.165, 1.54) is 26.0 Å². The van der Waals surface area contributed by atoms with E-state index in [1.54, 1.807) is 18.2 Å². The fraction of sp³-hybridized carbons (Fsp3) is 0.350. The van der Waals surface area contributed by atoms with E-state index >= 15 is 0 Å². The van der Waals surface area contributed by atoms with E-state index in [-0.39, 0.29) is 6.79 Å². The second-order valence-electron chi connectivity index (χ2n) is 6.95. The maximum Gasteiger partial charge on any atom is 0.345 e. The highest BCUT2D eigenvalue weighted by molar-refractivity contribution is 5.97. The average molecular weight is 408 g/mol. The molecule has 0 unspecified atom stereocenters. The summed E-state index contributed by atoms with van der Waals surface area (Å²) < 4.78 is 21.1. The lowest BCUT2D eigenvalue weighted by atomic mass is 9.76. The third-order valence-corrected chi connectivity index (χ3v) is 4.57. The Labute approximate surface area is 171 Å². The molecule has 30 heavy (non-hydrogen) atoms. The quantitative estimate of drug-likeness (QED) is 0.548. The molecule has 0 amide bonds. The van der Waals surface area contributed by atoms with E-state index in [4.69, 9.17) is 34.9 Å². The summed E-state index contributed by atoms with van der Waals surface area (Å²) in [4.78, 5) is 12.7. The van der Waals surface area contributed by atoms with Gasteiger partial charge in [-0.1, -0.05) is 6.07 Å². The van der Waals surface area contributed by atoms with Crippen LogP contribution in [-0.2, 0) is 14.3 Å². The zero-order valence-electron chi connectivity index (χ0n) is 16.0. The molecule has 0 aromatic heterocycles. The van der Waals surface area contributed by atoms with Crippen molar-refractivity contribution in [3.63, 3.8) is 0 Å². The second-order valence-corrected chi connectivity index (χ2v) is 6.95. The van der Waals surface area contributed by atoms with Gasteiger partial charge in [0.15, 0.2) is 17.4 Å². The van der Waals surface area contributed by atoms with Crippen molar-refractivity contribution in [2.75, 3.05) is 6.79 Å². The van der Waals surface area contributed by atoms with Crippen molar-refractivity contribution in [1.29, 1.82) is 21.2 Å². The summed E-state index contributed by atoms with van der Waals surface area (Å²) in [5.74, 6) is -6.64. The largest absolute Gasteiger partial charge is 0.480 e. The van der Waals surface area contributed by atoms with E-state index in [0.717, 1.165) is 0 Å². The number of rotatable bonds is 5. The maximum absolute atomic E-state index is 12.7. The van der Waals surface area contributed by atoms with Gasteiger partial charge in [-0.3, -0.25) is 0 Å². The average Bonchev–Trinajstić information content (AvgIpc) is 3.14. The van der Waals surface area contributed by atoms with Crippen LogP contribution >= 0.6 is 0 Å². The number of hydrogen-bond donors (Lipinski definition) is 2. The summed E-state index contributed by atoms with van der Waals surface area (Å²) in [6.07, 6.45) is 0. The molecule has 1 aromatic rings. The number of nitrogens with zero attached hydrogens (tertiary/aromatic N) is 3. The first-order valence-electron chi connectivity index (χ1n) is 8.74. The molecule has 2 N–H and O–H groups in total. The molecule has 0 bridgehead atoms. The molecular formula is C20H16N4O6. The molecule has 152 valence electrons. The van der Waals surface area contributed by atoms with Crippen molar-refractivity contribution in [3.05, 3.63) is 35.3 Å². The van der Waals surface area contributed by atoms with Gasteiger partial charge in [-0.2, -0.15) is 15.8 Å². The third kappa shape index (κ3) is 3.57. The molecule has 2 aliphatic rings. The molecule has 1 aromatic carbocycles. The zero-order chi connectivity index (χ0) is 22.1. The van der Waals surface area contributed by atoms with Crippen LogP contribution in [0.1, 0.15) is 25.3 Å². The van der Waals surface area contributed by atoms with Crippen molar-refractivity contribution >= 4 is 11.7 Å². The van der Waals surface area contributed by atoms with Gasteiger partial charge >= 0.3 is 5.97 Å². The van der Waals surface area contributed by atoms with Crippen LogP contribution in [0.15, 0.2) is 29.7 Å². The molecular weight excluding hydrogens is 392 g/mol. The number of aliphatic hydroxyl groups is 1. The number of nitrogens with one attached hydrogen (secondary N) is 1. The van der Waals surface area contributed by atoms with Crippen LogP contribution < -0.4 is 9.47 Å². The summed E-state index contributed by atoms with van der Waals surface area (Å²) in [7, 11) is 0. The van der Waals surface area contributed by atoms with Gasteiger partial charge in [0.05, 0.1) is 29.8 Å². The van der Waals surface area contributed by atoms with Crippen molar-refractivity contribution in [2.24, 2.45) is 11.8 Å². The van der Waals surface area contributed by atoms with Gasteiger partial charge in [-0.15, -0.1) is 0 Å². The van der Waals surface area contributed by atoms with Crippen molar-refractivity contribution in [2.45, 2.75) is 25.6 Å². The van der Waals surface area contributed by atoms with Gasteiger partial charge in [0.2, 0.25) is 6.79 Å². The minimum Gasteiger partial charge on any atom is -0.480 e. The minimum absolute atomic E-state index is 0.0147. The van der Waals surface area contributed by atoms with Crippen LogP contribution in [0, 0.1) is 51.2 Å². The van der Waals surface area contributed by atoms with Gasteiger partial charge in [0, 0.05) is 19.8 Å². The Balaban J connectivity index is 2.18. The molecule has 0 saturated heterocycles. The number of esters is 1. The third-order valence-electron chi connectivity index (χ3n) is 4.57. The van der Waals surface area contributed by atoms with Crippen molar-refractivity contribution in [1.82, 2.24) is 0 Å². The fourth-order valence-corrected chi connectivity index (χ4v) is 3.24. The minimum atomic E-state index is -1.52. The highest BCUT2D eigenvalue weighted by Crippen LogP contribution is 2.43. The van der Waals surface area contributed by atoms with Crippen LogP contribution in [0.25, 0.3) is 0 Å². The Morgan fingerprint density at radius 1 is 1.13 bits per heavy atom. The van der Waals surface area contributed by atoms with Crippen molar-refractivity contribution in [3.8, 4) is 29.7 Å². The number of cyclic esters (lactones) is 1. The summed E-state index contributed by atoms with van der Waals surface area (Å²) in [5, 5.41) is 46.9. The molecule has 10 heteroatoms. The highest BCUT2D eigenvalue weighted by Gasteiger charge is 2.45. The van der Waals surface area contributed by atoms with Gasteiger partial charge in [0.25, 0.3) is 11.7 Å². The first kappa shape index (κ1) is 20.5. The lowest BCUT2D eigenvalue weighted by Crippen LogP contribution is -2.40. The molecule has 2 aliphatic heterocycles. The lowest BCUT2D eigenvalue weighted by molar-refractivity contribution is -0.222. The SMILES string of the molecule is CC1(C)OC(=O)C([C@H](c2ccc3c(c2)OCO3)[C@@H](C#N)C(=N)C(C#N)C#N)=C(O)O1. The Morgan fingerprint density at radius 2 is 1.80 bits per heavy atom. The number of carbonyl (C=O) groups excluding carboxylic acids is 1. The summed E-state index contributed by atoms with van der Waals surface area (Å²) >= 11 is 0. The monoisotopic (exact) mass is 408 g/mol. The number of nitriles is 3. The topological polar surface area (TPSA) is 169 Å². The summed E-state index contributed by atoms with van der Waals surface area (Å²) in [6, 6.07) is 9.72. The molecule has 0 spiro atoms. The highest BCUT2D eigenvalue weighted by atomic mass is 16.8. The Morgan fingerprint density at radius 3 is 2.40 bits per heavy atom. The maximum atomic E-state index is 12.7. The number of fused-ring (bicyclic) bond motifs is 1. The molecule has 0 radical (unpaired) electrons. The Hall–Kier alpha value is -4.23. The summed E-state index contributed by atoms with van der Waals surface area (Å²) in [6.45, 7) is 2.82. The van der Waals surface area contributed by atoms with E-state index in [2.05, 4.69) is 0 Å². The molecule has 0 fully saturated rings. The molecule has 3 rings (SSSR count). The van der Waals surface area contributed by atoms with Crippen LogP contribution in [0.5, 0.6) is 11.5 Å². The summed E-state index contributed by atoms with van der Waals surface area (Å²) in [5.41, 5.74) is -0.630. The fourth-order valence-electron chi connectivity index (χ4n) is 3.24. The van der Waals surface area contributed by atoms with Crippen LogP contribution in [0.4, 0.5) is 0 Å². The van der Waals surface area contributed by atoms with E-state index in [1.807, 2.05) is 6.07 Å². The van der Waals surface area contributed by atoms with Crippen LogP contribution in [-0.4, -0.2) is 29.4 Å². The predicted molar refractivity (Wildman–Crippen MR) is 97.8 cm³/mol. The predicted octanol–water partition coefficient (Wildman–Crippen LogP) is 2.40. The van der Waals surface area contributed by atoms with Gasteiger partial charge in [0.1, 0.15) is 5.57 Å². The van der Waals surface area contributed by atoms with E-state index in [0.29, 0.717) is 17.1 Å². The molecule has 0 saturated carbocycles. The first-order chi connectivity index (χ1) is 14.2. The molecule has 2 heterocycles. The Bertz CT molecular complexity index is 1060. The second kappa shape index (κ2) is 7.65. The van der Waals surface area contributed by atoms with Gasteiger partial charge in [-0.05, 0) is 17.7 Å². The number of benzene rings is 1. The van der Waals surface area contributed by atoms with E-state index in [9.17, 15) is 15.2 Å². The molecule has 2 atom stereocenters. The smallest absolute Gasteiger partial charge is 0.345 e. The van der Waals surface area contributed by atoms with E-state index < -0.39 is 46.7 Å².